The molecule has 1 amide bonds. The molecule has 1 N–H and O–H groups in total. The zero-order valence-corrected chi connectivity index (χ0v) is 13.3. The number of benzene rings is 1. The van der Waals surface area contributed by atoms with Crippen molar-refractivity contribution in [1.29, 1.82) is 0 Å². The summed E-state index contributed by atoms with van der Waals surface area (Å²) in [6.07, 6.45) is 0.656. The van der Waals surface area contributed by atoms with Gasteiger partial charge >= 0.3 is 6.61 Å². The summed E-state index contributed by atoms with van der Waals surface area (Å²) >= 11 is 0. The van der Waals surface area contributed by atoms with Crippen molar-refractivity contribution in [2.45, 2.75) is 13.0 Å². The van der Waals surface area contributed by atoms with E-state index in [1.165, 1.54) is 12.1 Å². The van der Waals surface area contributed by atoms with Crippen LogP contribution in [0.3, 0.4) is 0 Å². The van der Waals surface area contributed by atoms with Crippen LogP contribution < -0.4 is 10.1 Å². The van der Waals surface area contributed by atoms with Crippen LogP contribution in [0.5, 0.6) is 5.75 Å². The Morgan fingerprint density at radius 2 is 1.87 bits per heavy atom. The summed E-state index contributed by atoms with van der Waals surface area (Å²) in [5.74, 6) is 0.162. The molecule has 1 saturated heterocycles. The molecule has 1 aromatic rings. The van der Waals surface area contributed by atoms with Crippen molar-refractivity contribution in [1.82, 2.24) is 15.1 Å². The van der Waals surface area contributed by atoms with E-state index in [0.717, 1.165) is 31.7 Å². The molecular formula is C16H23F2N3O2. The highest BCUT2D eigenvalue weighted by Crippen LogP contribution is 2.14. The van der Waals surface area contributed by atoms with E-state index in [0.29, 0.717) is 19.5 Å². The Hall–Kier alpha value is -1.73. The van der Waals surface area contributed by atoms with Crippen LogP contribution in [0.2, 0.25) is 0 Å². The number of alkyl halides is 2. The van der Waals surface area contributed by atoms with E-state index in [1.807, 2.05) is 0 Å². The van der Waals surface area contributed by atoms with Crippen LogP contribution in [0.15, 0.2) is 24.3 Å². The van der Waals surface area contributed by atoms with Gasteiger partial charge in [-0.25, -0.2) is 0 Å². The van der Waals surface area contributed by atoms with E-state index in [4.69, 9.17) is 0 Å². The first-order chi connectivity index (χ1) is 11.0. The van der Waals surface area contributed by atoms with Gasteiger partial charge < -0.3 is 15.0 Å². The van der Waals surface area contributed by atoms with Crippen molar-refractivity contribution < 1.29 is 18.3 Å². The lowest BCUT2D eigenvalue weighted by molar-refractivity contribution is -0.122. The van der Waals surface area contributed by atoms with Gasteiger partial charge in [0, 0.05) is 32.7 Å². The summed E-state index contributed by atoms with van der Waals surface area (Å²) in [7, 11) is 2.08. The summed E-state index contributed by atoms with van der Waals surface area (Å²) in [6, 6.07) is 6.47. The van der Waals surface area contributed by atoms with Crippen LogP contribution in [0, 0.1) is 0 Å². The topological polar surface area (TPSA) is 44.8 Å². The van der Waals surface area contributed by atoms with Crippen LogP contribution in [0.25, 0.3) is 0 Å². The van der Waals surface area contributed by atoms with Crippen molar-refractivity contribution in [2.75, 3.05) is 46.3 Å². The predicted octanol–water partition coefficient (Wildman–Crippen LogP) is 1.19. The number of carbonyl (C=O) groups excluding carboxylic acids is 1. The SMILES string of the molecule is CN1CCN(CC(=O)NCCc2ccc(OC(F)F)cc2)CC1. The Morgan fingerprint density at radius 3 is 2.48 bits per heavy atom. The first kappa shape index (κ1) is 17.6. The van der Waals surface area contributed by atoms with E-state index in [1.54, 1.807) is 12.1 Å². The lowest BCUT2D eigenvalue weighted by Crippen LogP contribution is -2.48. The number of nitrogens with one attached hydrogen (secondary N) is 1. The number of carbonyl (C=O) groups is 1. The summed E-state index contributed by atoms with van der Waals surface area (Å²) in [4.78, 5) is 16.3. The number of rotatable bonds is 7. The molecule has 7 heteroatoms. The van der Waals surface area contributed by atoms with Crippen molar-refractivity contribution >= 4 is 5.91 Å². The van der Waals surface area contributed by atoms with Crippen molar-refractivity contribution in [3.05, 3.63) is 29.8 Å². The van der Waals surface area contributed by atoms with Crippen LogP contribution in [0.1, 0.15) is 5.56 Å². The maximum atomic E-state index is 12.1. The molecule has 2 rings (SSSR count). The Kier molecular flexibility index (Phi) is 6.73. The van der Waals surface area contributed by atoms with E-state index in [-0.39, 0.29) is 11.7 Å². The van der Waals surface area contributed by atoms with Crippen molar-refractivity contribution in [3.8, 4) is 5.75 Å². The van der Waals surface area contributed by atoms with Gasteiger partial charge in [-0.15, -0.1) is 0 Å². The predicted molar refractivity (Wildman–Crippen MR) is 83.7 cm³/mol. The molecule has 0 radical (unpaired) electrons. The molecule has 0 unspecified atom stereocenters. The fourth-order valence-corrected chi connectivity index (χ4v) is 2.45. The second-order valence-corrected chi connectivity index (χ2v) is 5.70. The fraction of sp³-hybridized carbons (Fsp3) is 0.562. The second kappa shape index (κ2) is 8.79. The summed E-state index contributed by atoms with van der Waals surface area (Å²) < 4.78 is 28.4. The molecule has 128 valence electrons. The smallest absolute Gasteiger partial charge is 0.387 e. The minimum absolute atomic E-state index is 0.0206. The van der Waals surface area contributed by atoms with Gasteiger partial charge in [0.25, 0.3) is 0 Å². The minimum Gasteiger partial charge on any atom is -0.435 e. The van der Waals surface area contributed by atoms with E-state index >= 15 is 0 Å². The first-order valence-corrected chi connectivity index (χ1v) is 7.74. The monoisotopic (exact) mass is 327 g/mol. The molecule has 0 aliphatic carbocycles. The Balaban J connectivity index is 1.65. The maximum absolute atomic E-state index is 12.1. The average Bonchev–Trinajstić information content (AvgIpc) is 2.51. The molecule has 23 heavy (non-hydrogen) atoms. The number of ether oxygens (including phenoxy) is 1. The third-order valence-corrected chi connectivity index (χ3v) is 3.85. The number of piperazine rings is 1. The van der Waals surface area contributed by atoms with E-state index in [9.17, 15) is 13.6 Å². The molecule has 1 aliphatic rings. The summed E-state index contributed by atoms with van der Waals surface area (Å²) in [6.45, 7) is 1.94. The largest absolute Gasteiger partial charge is 0.435 e. The molecule has 0 aromatic heterocycles. The summed E-state index contributed by atoms with van der Waals surface area (Å²) in [5.41, 5.74) is 0.964. The molecule has 1 aliphatic heterocycles. The number of nitrogens with zero attached hydrogens (tertiary/aromatic N) is 2. The first-order valence-electron chi connectivity index (χ1n) is 7.74. The van der Waals surface area contributed by atoms with E-state index < -0.39 is 6.61 Å². The molecule has 0 spiro atoms. The van der Waals surface area contributed by atoms with Gasteiger partial charge in [-0.2, -0.15) is 8.78 Å². The highest BCUT2D eigenvalue weighted by molar-refractivity contribution is 5.78. The fourth-order valence-electron chi connectivity index (χ4n) is 2.45. The molecule has 0 atom stereocenters. The minimum atomic E-state index is -2.81. The van der Waals surface area contributed by atoms with Crippen LogP contribution in [0.4, 0.5) is 8.78 Å². The molecule has 0 saturated carbocycles. The number of amides is 1. The highest BCUT2D eigenvalue weighted by atomic mass is 19.3. The molecule has 1 heterocycles. The summed E-state index contributed by atoms with van der Waals surface area (Å²) in [5, 5.41) is 2.89. The molecule has 1 aromatic carbocycles. The highest BCUT2D eigenvalue weighted by Gasteiger charge is 2.16. The standard InChI is InChI=1S/C16H23F2N3O2/c1-20-8-10-21(11-9-20)12-15(22)19-7-6-13-2-4-14(5-3-13)23-16(17)18/h2-5,16H,6-12H2,1H3,(H,19,22). The number of likely N-dealkylation sites (N-methyl/N-ethyl adjacent to an activating group) is 1. The quantitative estimate of drug-likeness (QED) is 0.817. The van der Waals surface area contributed by atoms with Crippen LogP contribution in [-0.4, -0.2) is 68.6 Å². The Bertz CT molecular complexity index is 489. The van der Waals surface area contributed by atoms with Crippen molar-refractivity contribution in [3.63, 3.8) is 0 Å². The normalized spacial score (nSPS) is 16.5. The molecule has 1 fully saturated rings. The van der Waals surface area contributed by atoms with Crippen molar-refractivity contribution in [2.24, 2.45) is 0 Å². The van der Waals surface area contributed by atoms with Crippen LogP contribution >= 0.6 is 0 Å². The molecular weight excluding hydrogens is 304 g/mol. The number of hydrogen-bond donors (Lipinski definition) is 1. The third kappa shape index (κ3) is 6.50. The number of hydrogen-bond acceptors (Lipinski definition) is 4. The van der Waals surface area contributed by atoms with E-state index in [2.05, 4.69) is 26.9 Å². The van der Waals surface area contributed by atoms with Gasteiger partial charge in [0.15, 0.2) is 0 Å². The number of halogens is 2. The zero-order chi connectivity index (χ0) is 16.7. The van der Waals surface area contributed by atoms with Gasteiger partial charge in [0.05, 0.1) is 6.54 Å². The van der Waals surface area contributed by atoms with Gasteiger partial charge in [0.2, 0.25) is 5.91 Å². The molecule has 0 bridgehead atoms. The van der Waals surface area contributed by atoms with Gasteiger partial charge in [-0.1, -0.05) is 12.1 Å². The van der Waals surface area contributed by atoms with Gasteiger partial charge in [-0.3, -0.25) is 9.69 Å². The lowest BCUT2D eigenvalue weighted by atomic mass is 10.1. The second-order valence-electron chi connectivity index (χ2n) is 5.70. The average molecular weight is 327 g/mol. The van der Waals surface area contributed by atoms with Crippen LogP contribution in [-0.2, 0) is 11.2 Å². The van der Waals surface area contributed by atoms with Gasteiger partial charge in [0.1, 0.15) is 5.75 Å². The Morgan fingerprint density at radius 1 is 1.22 bits per heavy atom. The Labute approximate surface area is 135 Å². The zero-order valence-electron chi connectivity index (χ0n) is 13.3. The van der Waals surface area contributed by atoms with Gasteiger partial charge in [-0.05, 0) is 31.2 Å². The molecule has 5 nitrogen and oxygen atoms in total. The maximum Gasteiger partial charge on any atom is 0.387 e. The third-order valence-electron chi connectivity index (χ3n) is 3.85. The lowest BCUT2D eigenvalue weighted by Gasteiger charge is -2.31.